The van der Waals surface area contributed by atoms with Gasteiger partial charge in [0.05, 0.1) is 24.2 Å². The monoisotopic (exact) mass is 453 g/mol. The number of rotatable bonds is 10. The number of amides is 2. The van der Waals surface area contributed by atoms with Gasteiger partial charge in [-0.05, 0) is 43.7 Å². The molecule has 8 nitrogen and oxygen atoms in total. The molecule has 3 fully saturated rings. The first kappa shape index (κ1) is 21.5. The number of carbonyl (C=O) groups excluding carboxylic acids is 1. The van der Waals surface area contributed by atoms with E-state index >= 15 is 0 Å². The largest absolute Gasteiger partial charge is 0.493 e. The van der Waals surface area contributed by atoms with Crippen LogP contribution in [0.4, 0.5) is 4.79 Å². The minimum Gasteiger partial charge on any atom is -0.493 e. The molecule has 0 aromatic heterocycles. The van der Waals surface area contributed by atoms with E-state index in [4.69, 9.17) is 21.7 Å². The van der Waals surface area contributed by atoms with Gasteiger partial charge in [-0.3, -0.25) is 0 Å². The molecule has 4 rings (SSSR count). The number of carbonyl (C=O) groups is 1. The summed E-state index contributed by atoms with van der Waals surface area (Å²) in [6.07, 6.45) is 3.57. The molecule has 1 N–H and O–H groups in total. The summed E-state index contributed by atoms with van der Waals surface area (Å²) in [7, 11) is -3.58. The Hall–Kier alpha value is -1.75. The van der Waals surface area contributed by atoms with Crippen LogP contribution >= 0.6 is 12.2 Å². The molecule has 164 valence electrons. The third kappa shape index (κ3) is 5.29. The van der Waals surface area contributed by atoms with Crippen molar-refractivity contribution in [2.24, 2.45) is 5.92 Å². The van der Waals surface area contributed by atoms with Crippen molar-refractivity contribution in [2.45, 2.75) is 36.7 Å². The second-order valence-electron chi connectivity index (χ2n) is 8.00. The van der Waals surface area contributed by atoms with E-state index in [-0.39, 0.29) is 17.0 Å². The Labute approximate surface area is 182 Å². The minimum atomic E-state index is -3.58. The zero-order chi connectivity index (χ0) is 21.1. The minimum absolute atomic E-state index is 0.137. The van der Waals surface area contributed by atoms with E-state index in [2.05, 4.69) is 5.32 Å². The van der Waals surface area contributed by atoms with Crippen LogP contribution in [0.3, 0.4) is 0 Å². The van der Waals surface area contributed by atoms with Gasteiger partial charge in [0.1, 0.15) is 10.7 Å². The first-order valence-corrected chi connectivity index (χ1v) is 12.2. The SMILES string of the molecule is O=C1NC(=S)CN1CCCO[C@@H]1CCN(S(=O)(=O)c2cccc(OCC3CC3)c2)C1. The van der Waals surface area contributed by atoms with E-state index in [1.165, 1.54) is 17.1 Å². The zero-order valence-electron chi connectivity index (χ0n) is 16.8. The Balaban J connectivity index is 1.24. The number of nitrogens with one attached hydrogen (secondary N) is 1. The van der Waals surface area contributed by atoms with Gasteiger partial charge in [-0.15, -0.1) is 0 Å². The molecule has 2 heterocycles. The second-order valence-corrected chi connectivity index (χ2v) is 10.4. The lowest BCUT2D eigenvalue weighted by Crippen LogP contribution is -2.31. The number of sulfonamides is 1. The van der Waals surface area contributed by atoms with E-state index in [0.29, 0.717) is 68.9 Å². The molecule has 1 atom stereocenters. The van der Waals surface area contributed by atoms with Crippen molar-refractivity contribution >= 4 is 33.3 Å². The van der Waals surface area contributed by atoms with Crippen LogP contribution in [-0.4, -0.2) is 74.1 Å². The predicted molar refractivity (Wildman–Crippen MR) is 115 cm³/mol. The van der Waals surface area contributed by atoms with Crippen molar-refractivity contribution in [1.82, 2.24) is 14.5 Å². The third-order valence-corrected chi connectivity index (χ3v) is 7.62. The van der Waals surface area contributed by atoms with Crippen molar-refractivity contribution in [1.29, 1.82) is 0 Å². The van der Waals surface area contributed by atoms with Crippen LogP contribution in [0, 0.1) is 5.92 Å². The summed E-state index contributed by atoms with van der Waals surface area (Å²) in [5.41, 5.74) is 0. The third-order valence-electron chi connectivity index (χ3n) is 5.53. The number of nitrogens with zero attached hydrogens (tertiary/aromatic N) is 2. The number of ether oxygens (including phenoxy) is 2. The number of hydrogen-bond donors (Lipinski definition) is 1. The van der Waals surface area contributed by atoms with Crippen molar-refractivity contribution in [3.63, 3.8) is 0 Å². The number of hydrogen-bond acceptors (Lipinski definition) is 6. The summed E-state index contributed by atoms with van der Waals surface area (Å²) < 4.78 is 39.1. The van der Waals surface area contributed by atoms with Crippen LogP contribution < -0.4 is 10.1 Å². The summed E-state index contributed by atoms with van der Waals surface area (Å²) in [4.78, 5) is 14.1. The van der Waals surface area contributed by atoms with Crippen LogP contribution in [0.2, 0.25) is 0 Å². The first-order valence-electron chi connectivity index (χ1n) is 10.4. The van der Waals surface area contributed by atoms with Gasteiger partial charge in [-0.2, -0.15) is 4.31 Å². The lowest BCUT2D eigenvalue weighted by Gasteiger charge is -2.18. The Bertz CT molecular complexity index is 903. The number of thiocarbonyl (C=S) groups is 1. The lowest BCUT2D eigenvalue weighted by atomic mass is 10.3. The summed E-state index contributed by atoms with van der Waals surface area (Å²) in [6, 6.07) is 6.57. The molecule has 1 aromatic rings. The molecule has 0 spiro atoms. The molecule has 0 radical (unpaired) electrons. The lowest BCUT2D eigenvalue weighted by molar-refractivity contribution is 0.0591. The second kappa shape index (κ2) is 9.17. The molecule has 0 bridgehead atoms. The van der Waals surface area contributed by atoms with E-state index in [1.54, 1.807) is 29.2 Å². The van der Waals surface area contributed by atoms with E-state index in [9.17, 15) is 13.2 Å². The fraction of sp³-hybridized carbons (Fsp3) is 0.600. The maximum Gasteiger partial charge on any atom is 0.322 e. The smallest absolute Gasteiger partial charge is 0.322 e. The molecule has 30 heavy (non-hydrogen) atoms. The van der Waals surface area contributed by atoms with E-state index < -0.39 is 10.0 Å². The molecule has 10 heteroatoms. The molecule has 3 aliphatic rings. The average Bonchev–Trinajstić information content (AvgIpc) is 3.33. The molecule has 0 unspecified atom stereocenters. The van der Waals surface area contributed by atoms with E-state index in [1.807, 2.05) is 0 Å². The predicted octanol–water partition coefficient (Wildman–Crippen LogP) is 2.00. The summed E-state index contributed by atoms with van der Waals surface area (Å²) in [6.45, 7) is 2.90. The molecule has 2 amide bonds. The van der Waals surface area contributed by atoms with Crippen LogP contribution in [0.5, 0.6) is 5.75 Å². The fourth-order valence-electron chi connectivity index (χ4n) is 3.59. The molecule has 2 saturated heterocycles. The van der Waals surface area contributed by atoms with Gasteiger partial charge in [0, 0.05) is 32.3 Å². The molecular weight excluding hydrogens is 426 g/mol. The van der Waals surface area contributed by atoms with Crippen LogP contribution in [0.1, 0.15) is 25.7 Å². The van der Waals surface area contributed by atoms with Crippen molar-refractivity contribution < 1.29 is 22.7 Å². The van der Waals surface area contributed by atoms with Gasteiger partial charge in [0.15, 0.2) is 0 Å². The van der Waals surface area contributed by atoms with Crippen LogP contribution in [0.25, 0.3) is 0 Å². The molecule has 1 saturated carbocycles. The summed E-state index contributed by atoms with van der Waals surface area (Å²) in [5, 5.41) is 2.60. The fourth-order valence-corrected chi connectivity index (χ4v) is 5.36. The van der Waals surface area contributed by atoms with E-state index in [0.717, 1.165) is 0 Å². The van der Waals surface area contributed by atoms with Gasteiger partial charge < -0.3 is 19.7 Å². The van der Waals surface area contributed by atoms with Crippen LogP contribution in [-0.2, 0) is 14.8 Å². The normalized spacial score (nSPS) is 22.5. The highest BCUT2D eigenvalue weighted by molar-refractivity contribution is 7.89. The van der Waals surface area contributed by atoms with Gasteiger partial charge >= 0.3 is 6.03 Å². The van der Waals surface area contributed by atoms with Gasteiger partial charge in [-0.1, -0.05) is 18.3 Å². The topological polar surface area (TPSA) is 88.2 Å². The molecule has 2 aliphatic heterocycles. The van der Waals surface area contributed by atoms with Crippen molar-refractivity contribution in [3.8, 4) is 5.75 Å². The van der Waals surface area contributed by atoms with Crippen molar-refractivity contribution in [3.05, 3.63) is 24.3 Å². The van der Waals surface area contributed by atoms with Crippen LogP contribution in [0.15, 0.2) is 29.2 Å². The highest BCUT2D eigenvalue weighted by Gasteiger charge is 2.33. The molecular formula is C20H27N3O5S2. The standard InChI is InChI=1S/C20H27N3O5S2/c24-20-21-19(29)13-22(20)8-2-10-27-17-7-9-23(12-17)30(25,26)18-4-1-3-16(11-18)28-14-15-5-6-15/h1,3-4,11,15,17H,2,5-10,12-14H2,(H,21,24,29)/t17-/m1/s1. The maximum atomic E-state index is 13.0. The number of benzene rings is 1. The summed E-state index contributed by atoms with van der Waals surface area (Å²) >= 11 is 4.99. The van der Waals surface area contributed by atoms with Gasteiger partial charge in [0.25, 0.3) is 0 Å². The Morgan fingerprint density at radius 2 is 2.07 bits per heavy atom. The Morgan fingerprint density at radius 1 is 1.23 bits per heavy atom. The number of urea groups is 1. The first-order chi connectivity index (χ1) is 14.4. The quantitative estimate of drug-likeness (QED) is 0.431. The highest BCUT2D eigenvalue weighted by Crippen LogP contribution is 2.30. The average molecular weight is 454 g/mol. The molecule has 1 aromatic carbocycles. The Kier molecular flexibility index (Phi) is 6.57. The van der Waals surface area contributed by atoms with Gasteiger partial charge in [0.2, 0.25) is 10.0 Å². The zero-order valence-corrected chi connectivity index (χ0v) is 18.4. The van der Waals surface area contributed by atoms with Crippen molar-refractivity contribution in [2.75, 3.05) is 39.4 Å². The molecule has 1 aliphatic carbocycles. The summed E-state index contributed by atoms with van der Waals surface area (Å²) in [5.74, 6) is 1.21. The maximum absolute atomic E-state index is 13.0. The van der Waals surface area contributed by atoms with Gasteiger partial charge in [-0.25, -0.2) is 13.2 Å². The Morgan fingerprint density at radius 3 is 2.80 bits per heavy atom. The highest BCUT2D eigenvalue weighted by atomic mass is 32.2.